The van der Waals surface area contributed by atoms with Gasteiger partial charge in [-0.2, -0.15) is 8.42 Å². The van der Waals surface area contributed by atoms with Gasteiger partial charge in [-0.15, -0.1) is 13.2 Å². The van der Waals surface area contributed by atoms with Gasteiger partial charge in [-0.1, -0.05) is 19.1 Å². The molecule has 0 atom stereocenters. The topological polar surface area (TPSA) is 89.6 Å². The standard InChI is InChI=1S/C10H19N.CH4O4S/c1-4-6-10(3,7-5-2)8-9-11;1-5-6(2,3)4/h4-5H,1-2,6-9,11H2,3H3;1H3,(H,2,3,4). The third-order valence-corrected chi connectivity index (χ3v) is 2.65. The lowest BCUT2D eigenvalue weighted by Crippen LogP contribution is -2.19. The van der Waals surface area contributed by atoms with E-state index < -0.39 is 10.4 Å². The van der Waals surface area contributed by atoms with E-state index >= 15 is 0 Å². The number of hydrogen-bond donors (Lipinski definition) is 2. The number of nitrogens with two attached hydrogens (primary N) is 1. The van der Waals surface area contributed by atoms with Crippen LogP contribution >= 0.6 is 0 Å². The van der Waals surface area contributed by atoms with Crippen LogP contribution in [0.1, 0.15) is 26.2 Å². The Morgan fingerprint density at radius 3 is 1.88 bits per heavy atom. The minimum atomic E-state index is -4.16. The maximum absolute atomic E-state index is 9.33. The first-order valence-corrected chi connectivity index (χ1v) is 6.56. The predicted octanol–water partition coefficient (Wildman–Crippen LogP) is 1.93. The lowest BCUT2D eigenvalue weighted by atomic mass is 9.80. The van der Waals surface area contributed by atoms with Gasteiger partial charge in [0.2, 0.25) is 0 Å². The van der Waals surface area contributed by atoms with Gasteiger partial charge in [-0.05, 0) is 31.2 Å². The summed E-state index contributed by atoms with van der Waals surface area (Å²) >= 11 is 0. The van der Waals surface area contributed by atoms with Gasteiger partial charge in [0, 0.05) is 0 Å². The average molecular weight is 265 g/mol. The monoisotopic (exact) mass is 265 g/mol. The molecule has 0 aromatic carbocycles. The first-order chi connectivity index (χ1) is 7.74. The van der Waals surface area contributed by atoms with Crippen LogP contribution in [0.4, 0.5) is 0 Å². The van der Waals surface area contributed by atoms with Gasteiger partial charge < -0.3 is 5.73 Å². The normalized spacial score (nSPS) is 11.3. The molecule has 0 aliphatic rings. The Bertz CT molecular complexity index is 301. The highest BCUT2D eigenvalue weighted by Gasteiger charge is 2.19. The molecule has 0 saturated carbocycles. The van der Waals surface area contributed by atoms with E-state index in [2.05, 4.69) is 24.3 Å². The van der Waals surface area contributed by atoms with Crippen LogP contribution in [0.15, 0.2) is 25.3 Å². The number of allylic oxidation sites excluding steroid dienone is 2. The highest BCUT2D eigenvalue weighted by molar-refractivity contribution is 7.80. The zero-order valence-corrected chi connectivity index (χ0v) is 11.4. The van der Waals surface area contributed by atoms with E-state index in [0.29, 0.717) is 0 Å². The first-order valence-electron chi connectivity index (χ1n) is 5.19. The van der Waals surface area contributed by atoms with Crippen LogP contribution in [0.2, 0.25) is 0 Å². The summed E-state index contributed by atoms with van der Waals surface area (Å²) in [7, 11) is -3.29. The molecule has 3 N–H and O–H groups in total. The van der Waals surface area contributed by atoms with Crippen molar-refractivity contribution in [3.8, 4) is 0 Å². The Balaban J connectivity index is 0. The molecule has 0 radical (unpaired) electrons. The molecule has 0 spiro atoms. The van der Waals surface area contributed by atoms with Crippen molar-refractivity contribution in [1.82, 2.24) is 0 Å². The molecule has 0 bridgehead atoms. The Morgan fingerprint density at radius 2 is 1.71 bits per heavy atom. The van der Waals surface area contributed by atoms with Crippen LogP contribution in [0.25, 0.3) is 0 Å². The predicted molar refractivity (Wildman–Crippen MR) is 70.0 cm³/mol. The minimum Gasteiger partial charge on any atom is -0.330 e. The second kappa shape index (κ2) is 9.35. The van der Waals surface area contributed by atoms with Gasteiger partial charge >= 0.3 is 10.4 Å². The molecule has 17 heavy (non-hydrogen) atoms. The van der Waals surface area contributed by atoms with Crippen molar-refractivity contribution in [3.63, 3.8) is 0 Å². The molecule has 0 fully saturated rings. The average Bonchev–Trinajstić information content (AvgIpc) is 2.18. The zero-order valence-electron chi connectivity index (χ0n) is 10.6. The molecule has 0 rings (SSSR count). The highest BCUT2D eigenvalue weighted by Crippen LogP contribution is 2.30. The van der Waals surface area contributed by atoms with Crippen LogP contribution in [-0.2, 0) is 14.6 Å². The summed E-state index contributed by atoms with van der Waals surface area (Å²) < 4.78 is 29.7. The van der Waals surface area contributed by atoms with Gasteiger partial charge in [0.1, 0.15) is 0 Å². The summed E-state index contributed by atoms with van der Waals surface area (Å²) in [5.74, 6) is 0. The van der Waals surface area contributed by atoms with Gasteiger partial charge in [-0.3, -0.25) is 8.74 Å². The molecular formula is C11H23NO4S. The number of rotatable bonds is 7. The summed E-state index contributed by atoms with van der Waals surface area (Å²) in [6.45, 7) is 10.4. The Hall–Kier alpha value is -0.690. The van der Waals surface area contributed by atoms with Crippen molar-refractivity contribution >= 4 is 10.4 Å². The molecule has 0 heterocycles. The molecule has 0 aliphatic heterocycles. The van der Waals surface area contributed by atoms with Gasteiger partial charge in [0.05, 0.1) is 7.11 Å². The lowest BCUT2D eigenvalue weighted by Gasteiger charge is -2.26. The van der Waals surface area contributed by atoms with Gasteiger partial charge in [-0.25, -0.2) is 0 Å². The summed E-state index contributed by atoms with van der Waals surface area (Å²) in [4.78, 5) is 0. The molecule has 0 amide bonds. The molecule has 0 aromatic rings. The smallest absolute Gasteiger partial charge is 0.330 e. The lowest BCUT2D eigenvalue weighted by molar-refractivity contribution is 0.310. The van der Waals surface area contributed by atoms with Crippen LogP contribution in [0.3, 0.4) is 0 Å². The van der Waals surface area contributed by atoms with Crippen molar-refractivity contribution in [3.05, 3.63) is 25.3 Å². The third-order valence-electron chi connectivity index (χ3n) is 2.23. The molecule has 0 saturated heterocycles. The van der Waals surface area contributed by atoms with E-state index in [9.17, 15) is 8.42 Å². The first kappa shape index (κ1) is 18.7. The third kappa shape index (κ3) is 13.2. The fourth-order valence-electron chi connectivity index (χ4n) is 1.33. The fraction of sp³-hybridized carbons (Fsp3) is 0.636. The highest BCUT2D eigenvalue weighted by atomic mass is 32.3. The SMILES string of the molecule is C=CCC(C)(CC=C)CCN.COS(=O)(=O)O. The Morgan fingerprint density at radius 1 is 1.35 bits per heavy atom. The van der Waals surface area contributed by atoms with Crippen LogP contribution in [0.5, 0.6) is 0 Å². The molecule has 0 unspecified atom stereocenters. The van der Waals surface area contributed by atoms with E-state index in [1.165, 1.54) is 0 Å². The van der Waals surface area contributed by atoms with Gasteiger partial charge in [0.15, 0.2) is 0 Å². The van der Waals surface area contributed by atoms with Crippen molar-refractivity contribution in [2.45, 2.75) is 26.2 Å². The summed E-state index contributed by atoms with van der Waals surface area (Å²) in [5, 5.41) is 0. The van der Waals surface area contributed by atoms with Crippen molar-refractivity contribution in [2.75, 3.05) is 13.7 Å². The van der Waals surface area contributed by atoms with Crippen LogP contribution < -0.4 is 5.73 Å². The van der Waals surface area contributed by atoms with Crippen molar-refractivity contribution in [1.29, 1.82) is 0 Å². The minimum absolute atomic E-state index is 0.290. The molecule has 0 aromatic heterocycles. The number of hydrogen-bond acceptors (Lipinski definition) is 4. The van der Waals surface area contributed by atoms with Crippen LogP contribution in [-0.4, -0.2) is 26.6 Å². The summed E-state index contributed by atoms with van der Waals surface area (Å²) in [5.41, 5.74) is 5.80. The Kier molecular flexibility index (Phi) is 10.3. The second-order valence-corrected chi connectivity index (χ2v) is 5.12. The van der Waals surface area contributed by atoms with E-state index in [1.807, 2.05) is 12.2 Å². The largest absolute Gasteiger partial charge is 0.397 e. The van der Waals surface area contributed by atoms with E-state index in [4.69, 9.17) is 10.3 Å². The van der Waals surface area contributed by atoms with Crippen molar-refractivity contribution in [2.24, 2.45) is 11.1 Å². The van der Waals surface area contributed by atoms with E-state index in [0.717, 1.165) is 32.9 Å². The summed E-state index contributed by atoms with van der Waals surface area (Å²) in [6, 6.07) is 0. The molecule has 0 aliphatic carbocycles. The molecular weight excluding hydrogens is 242 g/mol. The van der Waals surface area contributed by atoms with Crippen LogP contribution in [0, 0.1) is 5.41 Å². The summed E-state index contributed by atoms with van der Waals surface area (Å²) in [6.07, 6.45) is 7.01. The Labute approximate surface area is 104 Å². The van der Waals surface area contributed by atoms with E-state index in [1.54, 1.807) is 0 Å². The zero-order chi connectivity index (χ0) is 13.9. The maximum Gasteiger partial charge on any atom is 0.397 e. The van der Waals surface area contributed by atoms with E-state index in [-0.39, 0.29) is 5.41 Å². The maximum atomic E-state index is 9.33. The second-order valence-electron chi connectivity index (χ2n) is 3.93. The molecule has 102 valence electrons. The van der Waals surface area contributed by atoms with Gasteiger partial charge in [0.25, 0.3) is 0 Å². The molecule has 5 nitrogen and oxygen atoms in total. The van der Waals surface area contributed by atoms with Crippen molar-refractivity contribution < 1.29 is 17.2 Å². The molecule has 6 heteroatoms. The fourth-order valence-corrected chi connectivity index (χ4v) is 1.33. The quantitative estimate of drug-likeness (QED) is 0.542.